The van der Waals surface area contributed by atoms with Crippen LogP contribution in [0.2, 0.25) is 0 Å². The molecule has 1 radical (unpaired) electrons. The Morgan fingerprint density at radius 1 is 0.448 bits per heavy atom. The minimum absolute atomic E-state index is 0. The Balaban J connectivity index is 0.00000181. The second-order valence-corrected chi connectivity index (χ2v) is 7.19. The molecule has 1 heteroatoms. The van der Waals surface area contributed by atoms with Crippen LogP contribution in [0.4, 0.5) is 0 Å². The molecular formula is C28H16Y-2. The summed E-state index contributed by atoms with van der Waals surface area (Å²) in [5, 5.41) is 9.89. The van der Waals surface area contributed by atoms with E-state index in [1.807, 2.05) is 6.07 Å². The van der Waals surface area contributed by atoms with Crippen LogP contribution in [0.1, 0.15) is 0 Å². The Hall–Kier alpha value is -2.54. The number of benzene rings is 6. The van der Waals surface area contributed by atoms with Crippen molar-refractivity contribution in [2.24, 2.45) is 0 Å². The first kappa shape index (κ1) is 18.5. The van der Waals surface area contributed by atoms with E-state index in [-0.39, 0.29) is 32.7 Å². The SMILES string of the molecule is [Y].[c-]1ccc2c(ccc3ccccc32)c1-c1[c-]c2ccccc2c2ccccc12. The third kappa shape index (κ3) is 2.91. The van der Waals surface area contributed by atoms with Gasteiger partial charge < -0.3 is 0 Å². The largest absolute Gasteiger partial charge is 0.201 e. The van der Waals surface area contributed by atoms with Gasteiger partial charge in [-0.05, 0) is 10.8 Å². The van der Waals surface area contributed by atoms with Gasteiger partial charge in [0.2, 0.25) is 0 Å². The maximum Gasteiger partial charge on any atom is 0 e. The summed E-state index contributed by atoms with van der Waals surface area (Å²) in [6.07, 6.45) is 0. The maximum atomic E-state index is 3.70. The van der Waals surface area contributed by atoms with Crippen molar-refractivity contribution in [3.8, 4) is 11.1 Å². The first-order chi connectivity index (χ1) is 13.9. The van der Waals surface area contributed by atoms with Crippen molar-refractivity contribution < 1.29 is 32.7 Å². The van der Waals surface area contributed by atoms with E-state index in [0.717, 1.165) is 16.5 Å². The van der Waals surface area contributed by atoms with Gasteiger partial charge in [-0.25, -0.2) is 5.56 Å². The van der Waals surface area contributed by atoms with Crippen LogP contribution in [-0.2, 0) is 32.7 Å². The van der Waals surface area contributed by atoms with Crippen molar-refractivity contribution in [3.63, 3.8) is 0 Å². The van der Waals surface area contributed by atoms with Gasteiger partial charge in [-0.2, -0.15) is 23.8 Å². The number of hydrogen-bond acceptors (Lipinski definition) is 0. The average molecular weight is 441 g/mol. The summed E-state index contributed by atoms with van der Waals surface area (Å²) in [5.74, 6) is 0. The zero-order valence-electron chi connectivity index (χ0n) is 15.8. The summed E-state index contributed by atoms with van der Waals surface area (Å²) in [6.45, 7) is 0. The van der Waals surface area contributed by atoms with Crippen molar-refractivity contribution in [3.05, 3.63) is 109 Å². The van der Waals surface area contributed by atoms with E-state index in [9.17, 15) is 0 Å². The van der Waals surface area contributed by atoms with Gasteiger partial charge in [0.05, 0.1) is 0 Å². The van der Waals surface area contributed by atoms with Crippen molar-refractivity contribution in [1.29, 1.82) is 0 Å². The average Bonchev–Trinajstić information content (AvgIpc) is 2.78. The summed E-state index contributed by atoms with van der Waals surface area (Å²) in [4.78, 5) is 0. The fraction of sp³-hybridized carbons (Fsp3) is 0. The molecule has 0 saturated carbocycles. The predicted octanol–water partition coefficient (Wildman–Crippen LogP) is 7.56. The van der Waals surface area contributed by atoms with Gasteiger partial charge in [-0.1, -0.05) is 83.6 Å². The molecule has 0 fully saturated rings. The summed E-state index contributed by atoms with van der Waals surface area (Å²) >= 11 is 0. The monoisotopic (exact) mass is 441 g/mol. The fourth-order valence-electron chi connectivity index (χ4n) is 4.35. The van der Waals surface area contributed by atoms with Gasteiger partial charge in [0.1, 0.15) is 0 Å². The molecular weight excluding hydrogens is 425 g/mol. The first-order valence-electron chi connectivity index (χ1n) is 9.55. The predicted molar refractivity (Wildman–Crippen MR) is 120 cm³/mol. The minimum atomic E-state index is 0. The molecule has 6 aromatic rings. The van der Waals surface area contributed by atoms with Gasteiger partial charge >= 0.3 is 0 Å². The van der Waals surface area contributed by atoms with E-state index < -0.39 is 0 Å². The smallest absolute Gasteiger partial charge is 0 e. The summed E-state index contributed by atoms with van der Waals surface area (Å²) in [5.41, 5.74) is 2.24. The van der Waals surface area contributed by atoms with Crippen LogP contribution < -0.4 is 0 Å². The van der Waals surface area contributed by atoms with Crippen LogP contribution in [-0.4, -0.2) is 0 Å². The Bertz CT molecular complexity index is 1510. The fourth-order valence-corrected chi connectivity index (χ4v) is 4.35. The van der Waals surface area contributed by atoms with Crippen molar-refractivity contribution in [1.82, 2.24) is 0 Å². The molecule has 0 amide bonds. The zero-order valence-corrected chi connectivity index (χ0v) is 18.7. The third-order valence-electron chi connectivity index (χ3n) is 5.64. The molecule has 0 bridgehead atoms. The van der Waals surface area contributed by atoms with Crippen LogP contribution in [0.15, 0.2) is 97.1 Å². The second-order valence-electron chi connectivity index (χ2n) is 7.19. The molecule has 6 aromatic carbocycles. The number of hydrogen-bond donors (Lipinski definition) is 0. The van der Waals surface area contributed by atoms with Crippen LogP contribution in [0, 0.1) is 12.1 Å². The van der Waals surface area contributed by atoms with Crippen LogP contribution >= 0.6 is 0 Å². The molecule has 0 aliphatic rings. The Morgan fingerprint density at radius 2 is 1.07 bits per heavy atom. The Labute approximate surface area is 195 Å². The summed E-state index contributed by atoms with van der Waals surface area (Å²) in [7, 11) is 0. The molecule has 0 saturated heterocycles. The molecule has 0 aliphatic carbocycles. The molecule has 0 spiro atoms. The van der Waals surface area contributed by atoms with Gasteiger partial charge in [-0.3, -0.25) is 0 Å². The standard InChI is InChI=1S/C28H16.Y/c1-3-10-21-19(8-1)16-17-27-24(21)14-7-15-26(27)28-18-20-9-2-4-11-22(20)23-12-5-6-13-25(23)28;/h1-14,16-17H;/q-2;. The van der Waals surface area contributed by atoms with Crippen molar-refractivity contribution in [2.75, 3.05) is 0 Å². The number of fused-ring (bicyclic) bond motifs is 6. The normalized spacial score (nSPS) is 11.2. The van der Waals surface area contributed by atoms with Gasteiger partial charge in [0.25, 0.3) is 0 Å². The molecule has 0 atom stereocenters. The van der Waals surface area contributed by atoms with Gasteiger partial charge in [-0.15, -0.1) is 39.7 Å². The molecule has 0 N–H and O–H groups in total. The zero-order chi connectivity index (χ0) is 18.5. The van der Waals surface area contributed by atoms with Crippen molar-refractivity contribution in [2.45, 2.75) is 0 Å². The second kappa shape index (κ2) is 7.37. The van der Waals surface area contributed by atoms with E-state index in [1.54, 1.807) is 0 Å². The van der Waals surface area contributed by atoms with Crippen LogP contribution in [0.3, 0.4) is 0 Å². The molecule has 0 aliphatic heterocycles. The van der Waals surface area contributed by atoms with E-state index in [2.05, 4.69) is 103 Å². The van der Waals surface area contributed by atoms with Crippen molar-refractivity contribution >= 4 is 43.1 Å². The van der Waals surface area contributed by atoms with E-state index in [1.165, 1.54) is 37.7 Å². The number of rotatable bonds is 1. The van der Waals surface area contributed by atoms with Gasteiger partial charge in [0.15, 0.2) is 0 Å². The Kier molecular flexibility index (Phi) is 4.70. The van der Waals surface area contributed by atoms with E-state index in [4.69, 9.17) is 0 Å². The van der Waals surface area contributed by atoms with E-state index >= 15 is 0 Å². The molecule has 0 unspecified atom stereocenters. The summed E-state index contributed by atoms with van der Waals surface area (Å²) in [6, 6.07) is 41.5. The summed E-state index contributed by atoms with van der Waals surface area (Å²) < 4.78 is 0. The quantitative estimate of drug-likeness (QED) is 0.182. The van der Waals surface area contributed by atoms with E-state index in [0.29, 0.717) is 0 Å². The first-order valence-corrected chi connectivity index (χ1v) is 9.55. The molecule has 29 heavy (non-hydrogen) atoms. The van der Waals surface area contributed by atoms with Crippen LogP contribution in [0.5, 0.6) is 0 Å². The Morgan fingerprint density at radius 3 is 1.93 bits per heavy atom. The minimum Gasteiger partial charge on any atom is -0.201 e. The maximum absolute atomic E-state index is 3.70. The van der Waals surface area contributed by atoms with Crippen LogP contribution in [0.25, 0.3) is 54.2 Å². The third-order valence-corrected chi connectivity index (χ3v) is 5.64. The molecule has 133 valence electrons. The molecule has 0 nitrogen and oxygen atoms in total. The van der Waals surface area contributed by atoms with Gasteiger partial charge in [0, 0.05) is 32.7 Å². The molecule has 6 rings (SSSR count). The topological polar surface area (TPSA) is 0 Å². The molecule has 0 heterocycles. The molecule has 0 aromatic heterocycles.